The quantitative estimate of drug-likeness (QED) is 0.579. The van der Waals surface area contributed by atoms with Gasteiger partial charge in [-0.25, -0.2) is 0 Å². The van der Waals surface area contributed by atoms with Gasteiger partial charge >= 0.3 is 29.6 Å². The monoisotopic (exact) mass is 428 g/mol. The van der Waals surface area contributed by atoms with Gasteiger partial charge in [-0.05, 0) is 86.4 Å². The summed E-state index contributed by atoms with van der Waals surface area (Å²) in [6.07, 6.45) is 5.47. The Hall–Kier alpha value is 0.0600. The van der Waals surface area contributed by atoms with E-state index in [0.29, 0.717) is 31.5 Å². The molecule has 0 aromatic heterocycles. The molecule has 30 heavy (non-hydrogen) atoms. The zero-order chi connectivity index (χ0) is 21.1. The number of carboxylic acids is 1. The molecule has 10 atom stereocenters. The minimum atomic E-state index is -1.01. The number of hydrogen-bond donors (Lipinski definition) is 2. The van der Waals surface area contributed by atoms with E-state index in [1.807, 2.05) is 0 Å². The van der Waals surface area contributed by atoms with E-state index in [-0.39, 0.29) is 88.4 Å². The van der Waals surface area contributed by atoms with Gasteiger partial charge in [0.05, 0.1) is 12.2 Å². The van der Waals surface area contributed by atoms with Crippen molar-refractivity contribution < 1.29 is 54.5 Å². The molecule has 0 aliphatic heterocycles. The van der Waals surface area contributed by atoms with Gasteiger partial charge in [0.1, 0.15) is 5.78 Å². The molecule has 0 saturated heterocycles. The molecule has 4 rings (SSSR count). The fourth-order valence-electron chi connectivity index (χ4n) is 8.39. The zero-order valence-corrected chi connectivity index (χ0v) is 21.1. The minimum absolute atomic E-state index is 0. The molecule has 4 saturated carbocycles. The maximum absolute atomic E-state index is 13.4. The number of carbonyl (C=O) groups is 2. The van der Waals surface area contributed by atoms with Crippen LogP contribution in [0.5, 0.6) is 0 Å². The predicted molar refractivity (Wildman–Crippen MR) is 106 cm³/mol. The standard InChI is InChI=1S/C24H38O5.Na/c1-13(4-7-21(28)29)16-5-6-17-22-18(12-20(27)24(16,17)3)23(2)9-8-15(25)10-14(23)11-19(22)26;/h13-18,20,22,25,27H,4-12H2,1-3H3,(H,28,29);/q;+1/p-1/t13-,14?,15?,16-,17+,18?,20?,22+,23+,24-;/m1./s1. The van der Waals surface area contributed by atoms with Crippen LogP contribution in [-0.4, -0.2) is 34.2 Å². The van der Waals surface area contributed by atoms with Gasteiger partial charge in [0, 0.05) is 23.7 Å². The van der Waals surface area contributed by atoms with E-state index in [0.717, 1.165) is 25.7 Å². The first-order valence-electron chi connectivity index (χ1n) is 11.7. The Morgan fingerprint density at radius 2 is 1.87 bits per heavy atom. The van der Waals surface area contributed by atoms with E-state index in [9.17, 15) is 24.9 Å². The Morgan fingerprint density at radius 1 is 1.17 bits per heavy atom. The smallest absolute Gasteiger partial charge is 0.550 e. The van der Waals surface area contributed by atoms with Crippen molar-refractivity contribution in [3.05, 3.63) is 0 Å². The second kappa shape index (κ2) is 8.78. The molecule has 6 heteroatoms. The number of ketones is 1. The fraction of sp³-hybridized carbons (Fsp3) is 0.917. The van der Waals surface area contributed by atoms with Crippen molar-refractivity contribution in [2.45, 2.75) is 90.8 Å². The summed E-state index contributed by atoms with van der Waals surface area (Å²) >= 11 is 0. The van der Waals surface area contributed by atoms with Crippen molar-refractivity contribution in [3.8, 4) is 0 Å². The average molecular weight is 429 g/mol. The summed E-state index contributed by atoms with van der Waals surface area (Å²) in [6, 6.07) is 0. The van der Waals surface area contributed by atoms with Crippen LogP contribution < -0.4 is 34.7 Å². The molecule has 2 N–H and O–H groups in total. The molecule has 164 valence electrons. The molecule has 4 aliphatic carbocycles. The molecular formula is C24H37NaO5. The van der Waals surface area contributed by atoms with Crippen LogP contribution >= 0.6 is 0 Å². The SMILES string of the molecule is C[C@H](CCC(=O)[O-])[C@H]1CC[C@H]2[C@@H]3C(=O)CC4CC(O)CC[C@]4(C)C3CC(O)[C@]12C.[Na+]. The van der Waals surface area contributed by atoms with Crippen molar-refractivity contribution in [1.82, 2.24) is 0 Å². The first-order chi connectivity index (χ1) is 13.6. The van der Waals surface area contributed by atoms with Gasteiger partial charge in [0.2, 0.25) is 0 Å². The van der Waals surface area contributed by atoms with E-state index in [1.165, 1.54) is 0 Å². The minimum Gasteiger partial charge on any atom is -0.550 e. The molecule has 0 heterocycles. The Labute approximate surface area is 202 Å². The summed E-state index contributed by atoms with van der Waals surface area (Å²) < 4.78 is 0. The van der Waals surface area contributed by atoms with Crippen LogP contribution in [0, 0.1) is 46.3 Å². The van der Waals surface area contributed by atoms with Crippen LogP contribution in [0.15, 0.2) is 0 Å². The van der Waals surface area contributed by atoms with Crippen molar-refractivity contribution in [3.63, 3.8) is 0 Å². The van der Waals surface area contributed by atoms with Crippen LogP contribution in [0.1, 0.15) is 78.6 Å². The summed E-state index contributed by atoms with van der Waals surface area (Å²) in [5, 5.41) is 32.5. The second-order valence-corrected chi connectivity index (χ2v) is 11.2. The number of rotatable bonds is 4. The Balaban J connectivity index is 0.00000256. The van der Waals surface area contributed by atoms with Crippen molar-refractivity contribution in [1.29, 1.82) is 0 Å². The maximum atomic E-state index is 13.4. The number of hydrogen-bond acceptors (Lipinski definition) is 5. The number of carbonyl (C=O) groups excluding carboxylic acids is 2. The van der Waals surface area contributed by atoms with Gasteiger partial charge < -0.3 is 20.1 Å². The number of fused-ring (bicyclic) bond motifs is 5. The number of carboxylic acid groups (broad SMARTS) is 1. The summed E-state index contributed by atoms with van der Waals surface area (Å²) in [5.41, 5.74) is -0.293. The van der Waals surface area contributed by atoms with Gasteiger partial charge in [0.25, 0.3) is 0 Å². The molecule has 4 aliphatic rings. The topological polar surface area (TPSA) is 97.7 Å². The van der Waals surface area contributed by atoms with Crippen LogP contribution in [0.2, 0.25) is 0 Å². The van der Waals surface area contributed by atoms with E-state index in [4.69, 9.17) is 0 Å². The second-order valence-electron chi connectivity index (χ2n) is 11.2. The normalized spacial score (nSPS) is 48.7. The Bertz CT molecular complexity index is 683. The van der Waals surface area contributed by atoms with Gasteiger partial charge in [-0.3, -0.25) is 4.79 Å². The van der Waals surface area contributed by atoms with Crippen molar-refractivity contribution in [2.75, 3.05) is 0 Å². The zero-order valence-electron chi connectivity index (χ0n) is 19.1. The molecule has 0 bridgehead atoms. The van der Waals surface area contributed by atoms with E-state index in [2.05, 4.69) is 20.8 Å². The third-order valence-electron chi connectivity index (χ3n) is 10.1. The molecule has 5 nitrogen and oxygen atoms in total. The maximum Gasteiger partial charge on any atom is 1.00 e. The first-order valence-corrected chi connectivity index (χ1v) is 11.7. The number of aliphatic hydroxyl groups is 2. The van der Waals surface area contributed by atoms with Gasteiger partial charge in [-0.15, -0.1) is 0 Å². The number of Topliss-reactive ketones (excluding diaryl/α,β-unsaturated/α-hetero) is 1. The molecule has 0 radical (unpaired) electrons. The van der Waals surface area contributed by atoms with Crippen molar-refractivity contribution in [2.24, 2.45) is 46.3 Å². The molecule has 0 amide bonds. The summed E-state index contributed by atoms with van der Waals surface area (Å²) in [7, 11) is 0. The molecule has 0 aromatic rings. The van der Waals surface area contributed by atoms with E-state index < -0.39 is 12.1 Å². The molecular weight excluding hydrogens is 391 g/mol. The third-order valence-corrected chi connectivity index (χ3v) is 10.1. The van der Waals surface area contributed by atoms with Gasteiger partial charge in [0.15, 0.2) is 0 Å². The predicted octanol–water partition coefficient (Wildman–Crippen LogP) is -0.674. The molecule has 4 fully saturated rings. The number of aliphatic hydroxyl groups excluding tert-OH is 2. The molecule has 0 spiro atoms. The van der Waals surface area contributed by atoms with Crippen LogP contribution in [0.4, 0.5) is 0 Å². The van der Waals surface area contributed by atoms with Crippen LogP contribution in [0.25, 0.3) is 0 Å². The third kappa shape index (κ3) is 3.75. The van der Waals surface area contributed by atoms with Crippen LogP contribution in [-0.2, 0) is 9.59 Å². The fourth-order valence-corrected chi connectivity index (χ4v) is 8.39. The summed E-state index contributed by atoms with van der Waals surface area (Å²) in [5.74, 6) is 0.402. The van der Waals surface area contributed by atoms with E-state index >= 15 is 0 Å². The van der Waals surface area contributed by atoms with Gasteiger partial charge in [-0.1, -0.05) is 20.8 Å². The van der Waals surface area contributed by atoms with Crippen LogP contribution in [0.3, 0.4) is 0 Å². The number of aliphatic carboxylic acids is 1. The summed E-state index contributed by atoms with van der Waals surface area (Å²) in [6.45, 7) is 6.57. The van der Waals surface area contributed by atoms with Gasteiger partial charge in [-0.2, -0.15) is 0 Å². The largest absolute Gasteiger partial charge is 1.00 e. The van der Waals surface area contributed by atoms with Crippen molar-refractivity contribution >= 4 is 11.8 Å². The molecule has 4 unspecified atom stereocenters. The summed E-state index contributed by atoms with van der Waals surface area (Å²) in [4.78, 5) is 24.3. The Morgan fingerprint density at radius 3 is 2.53 bits per heavy atom. The first kappa shape index (κ1) is 24.7. The average Bonchev–Trinajstić information content (AvgIpc) is 3.01. The van der Waals surface area contributed by atoms with E-state index in [1.54, 1.807) is 0 Å². The molecule has 0 aromatic carbocycles. The Kier molecular flexibility index (Phi) is 7.23.